The van der Waals surface area contributed by atoms with E-state index in [-0.39, 0.29) is 18.1 Å². The molecule has 0 aromatic carbocycles. The lowest BCUT2D eigenvalue weighted by molar-refractivity contribution is -0.188. The number of morpholine rings is 1. The van der Waals surface area contributed by atoms with Gasteiger partial charge in [0, 0.05) is 19.6 Å². The molecule has 22 heavy (non-hydrogen) atoms. The van der Waals surface area contributed by atoms with Gasteiger partial charge in [0.2, 0.25) is 0 Å². The Labute approximate surface area is 131 Å². The highest BCUT2D eigenvalue weighted by Gasteiger charge is 2.47. The van der Waals surface area contributed by atoms with E-state index in [0.717, 1.165) is 19.3 Å². The average molecular weight is 308 g/mol. The number of nitrogens with zero attached hydrogens (tertiary/aromatic N) is 2. The maximum absolute atomic E-state index is 12.7. The van der Waals surface area contributed by atoms with Crippen molar-refractivity contribution in [3.8, 4) is 0 Å². The van der Waals surface area contributed by atoms with Crippen LogP contribution in [0, 0.1) is 0 Å². The van der Waals surface area contributed by atoms with Crippen LogP contribution < -0.4 is 0 Å². The molecule has 2 amide bonds. The third-order valence-electron chi connectivity index (χ3n) is 4.23. The van der Waals surface area contributed by atoms with Gasteiger partial charge in [0.15, 0.2) is 0 Å². The van der Waals surface area contributed by atoms with E-state index in [1.165, 1.54) is 0 Å². The normalized spacial score (nSPS) is 22.7. The summed E-state index contributed by atoms with van der Waals surface area (Å²) >= 11 is 0. The first-order valence-electron chi connectivity index (χ1n) is 7.65. The van der Waals surface area contributed by atoms with E-state index in [1.807, 2.05) is 0 Å². The van der Waals surface area contributed by atoms with Crippen molar-refractivity contribution in [2.24, 2.45) is 0 Å². The van der Waals surface area contributed by atoms with Crippen LogP contribution in [0.1, 0.15) is 25.7 Å². The van der Waals surface area contributed by atoms with Crippen molar-refractivity contribution < 1.29 is 19.4 Å². The highest BCUT2D eigenvalue weighted by Crippen LogP contribution is 2.40. The van der Waals surface area contributed by atoms with Gasteiger partial charge in [-0.2, -0.15) is 0 Å². The molecule has 2 rings (SSSR count). The first kappa shape index (κ1) is 16.5. The smallest absolute Gasteiger partial charge is 0.320 e. The fourth-order valence-corrected chi connectivity index (χ4v) is 3.12. The molecule has 1 unspecified atom stereocenters. The molecule has 2 aliphatic rings. The Balaban J connectivity index is 2.09. The second kappa shape index (κ2) is 6.96. The van der Waals surface area contributed by atoms with Crippen molar-refractivity contribution in [2.45, 2.75) is 37.4 Å². The average Bonchev–Trinajstić information content (AvgIpc) is 2.43. The highest BCUT2D eigenvalue weighted by atomic mass is 16.5. The minimum absolute atomic E-state index is 0.0750. The number of hydrogen-bond donors (Lipinski definition) is 1. The third kappa shape index (κ3) is 3.68. The van der Waals surface area contributed by atoms with Crippen LogP contribution in [-0.2, 0) is 9.53 Å². The molecule has 0 bridgehead atoms. The predicted molar refractivity (Wildman–Crippen MR) is 82.6 cm³/mol. The van der Waals surface area contributed by atoms with Crippen molar-refractivity contribution in [1.29, 1.82) is 0 Å². The molecular formula is C16H24N2O4. The van der Waals surface area contributed by atoms with E-state index < -0.39 is 12.1 Å². The zero-order valence-electron chi connectivity index (χ0n) is 12.9. The predicted octanol–water partition coefficient (Wildman–Crippen LogP) is 1.88. The van der Waals surface area contributed by atoms with Gasteiger partial charge in [0.05, 0.1) is 24.7 Å². The maximum atomic E-state index is 12.7. The Morgan fingerprint density at radius 3 is 2.41 bits per heavy atom. The summed E-state index contributed by atoms with van der Waals surface area (Å²) in [5.74, 6) is -0.900. The minimum atomic E-state index is -0.900. The molecule has 1 saturated heterocycles. The molecule has 122 valence electrons. The van der Waals surface area contributed by atoms with Crippen LogP contribution in [0.4, 0.5) is 4.79 Å². The summed E-state index contributed by atoms with van der Waals surface area (Å²) in [4.78, 5) is 27.0. The van der Waals surface area contributed by atoms with Gasteiger partial charge in [-0.25, -0.2) is 4.79 Å². The summed E-state index contributed by atoms with van der Waals surface area (Å²) < 4.78 is 5.97. The van der Waals surface area contributed by atoms with Gasteiger partial charge in [-0.3, -0.25) is 4.79 Å². The second-order valence-corrected chi connectivity index (χ2v) is 6.02. The van der Waals surface area contributed by atoms with Crippen molar-refractivity contribution >= 4 is 12.0 Å². The number of ether oxygens (including phenoxy) is 1. The molecule has 6 heteroatoms. The summed E-state index contributed by atoms with van der Waals surface area (Å²) in [5.41, 5.74) is -0.345. The van der Waals surface area contributed by atoms with Crippen LogP contribution >= 0.6 is 0 Å². The Bertz CT molecular complexity index is 449. The number of carboxylic acids is 1. The van der Waals surface area contributed by atoms with Crippen LogP contribution in [0.2, 0.25) is 0 Å². The minimum Gasteiger partial charge on any atom is -0.481 e. The van der Waals surface area contributed by atoms with Crippen molar-refractivity contribution in [2.75, 3.05) is 26.2 Å². The van der Waals surface area contributed by atoms with Crippen LogP contribution in [0.25, 0.3) is 0 Å². The Hall–Kier alpha value is -1.82. The summed E-state index contributed by atoms with van der Waals surface area (Å²) in [6.07, 6.45) is 5.67. The SMILES string of the molecule is C=CCN(CC=C)C(=O)N1CC(CC(=O)O)OC2(CCC2)C1. The van der Waals surface area contributed by atoms with Crippen LogP contribution in [0.15, 0.2) is 25.3 Å². The number of carbonyl (C=O) groups excluding carboxylic acids is 1. The van der Waals surface area contributed by atoms with Crippen LogP contribution in [-0.4, -0.2) is 64.8 Å². The van der Waals surface area contributed by atoms with Gasteiger partial charge in [0.1, 0.15) is 0 Å². The third-order valence-corrected chi connectivity index (χ3v) is 4.23. The topological polar surface area (TPSA) is 70.1 Å². The lowest BCUT2D eigenvalue weighted by atomic mass is 9.78. The van der Waals surface area contributed by atoms with E-state index in [0.29, 0.717) is 26.2 Å². The van der Waals surface area contributed by atoms with E-state index >= 15 is 0 Å². The first-order chi connectivity index (χ1) is 10.5. The Morgan fingerprint density at radius 1 is 1.32 bits per heavy atom. The molecule has 6 nitrogen and oxygen atoms in total. The number of aliphatic carboxylic acids is 1. The number of carbonyl (C=O) groups is 2. The largest absolute Gasteiger partial charge is 0.481 e. The van der Waals surface area contributed by atoms with Gasteiger partial charge in [-0.05, 0) is 19.3 Å². The molecule has 0 aromatic heterocycles. The van der Waals surface area contributed by atoms with Gasteiger partial charge >= 0.3 is 12.0 Å². The van der Waals surface area contributed by atoms with Crippen molar-refractivity contribution in [1.82, 2.24) is 9.80 Å². The van der Waals surface area contributed by atoms with Crippen LogP contribution in [0.3, 0.4) is 0 Å². The van der Waals surface area contributed by atoms with Crippen LogP contribution in [0.5, 0.6) is 0 Å². The van der Waals surface area contributed by atoms with E-state index in [1.54, 1.807) is 22.0 Å². The first-order valence-corrected chi connectivity index (χ1v) is 7.65. The maximum Gasteiger partial charge on any atom is 0.320 e. The standard InChI is InChI=1S/C16H24N2O4/c1-3-8-17(9-4-2)15(21)18-11-13(10-14(19)20)22-16(12-18)6-5-7-16/h3-4,13H,1-2,5-12H2,(H,19,20). The summed E-state index contributed by atoms with van der Waals surface area (Å²) in [5, 5.41) is 9.01. The quantitative estimate of drug-likeness (QED) is 0.761. The fourth-order valence-electron chi connectivity index (χ4n) is 3.12. The zero-order chi connectivity index (χ0) is 16.2. The van der Waals surface area contributed by atoms with Gasteiger partial charge in [0.25, 0.3) is 0 Å². The van der Waals surface area contributed by atoms with E-state index in [4.69, 9.17) is 9.84 Å². The van der Waals surface area contributed by atoms with Gasteiger partial charge in [-0.15, -0.1) is 13.2 Å². The van der Waals surface area contributed by atoms with Crippen molar-refractivity contribution in [3.63, 3.8) is 0 Å². The zero-order valence-corrected chi connectivity index (χ0v) is 12.9. The molecule has 0 aromatic rings. The number of rotatable bonds is 6. The monoisotopic (exact) mass is 308 g/mol. The lowest BCUT2D eigenvalue weighted by Gasteiger charge is -2.51. The molecular weight excluding hydrogens is 284 g/mol. The number of urea groups is 1. The fraction of sp³-hybridized carbons (Fsp3) is 0.625. The number of amides is 2. The molecule has 1 aliphatic carbocycles. The molecule has 1 aliphatic heterocycles. The van der Waals surface area contributed by atoms with Gasteiger partial charge in [-0.1, -0.05) is 12.2 Å². The summed E-state index contributed by atoms with van der Waals surface area (Å²) in [7, 11) is 0. The van der Waals surface area contributed by atoms with E-state index in [9.17, 15) is 9.59 Å². The van der Waals surface area contributed by atoms with E-state index in [2.05, 4.69) is 13.2 Å². The highest BCUT2D eigenvalue weighted by molar-refractivity contribution is 5.75. The molecule has 1 saturated carbocycles. The summed E-state index contributed by atoms with van der Waals surface area (Å²) in [6.45, 7) is 9.08. The molecule has 1 heterocycles. The van der Waals surface area contributed by atoms with Crippen molar-refractivity contribution in [3.05, 3.63) is 25.3 Å². The molecule has 1 N–H and O–H groups in total. The second-order valence-electron chi connectivity index (χ2n) is 6.02. The molecule has 1 atom stereocenters. The molecule has 0 radical (unpaired) electrons. The number of carboxylic acid groups (broad SMARTS) is 1. The van der Waals surface area contributed by atoms with Gasteiger partial charge < -0.3 is 19.6 Å². The lowest BCUT2D eigenvalue weighted by Crippen LogP contribution is -2.62. The Kier molecular flexibility index (Phi) is 5.24. The number of hydrogen-bond acceptors (Lipinski definition) is 3. The molecule has 1 spiro atoms. The molecule has 2 fully saturated rings. The summed E-state index contributed by atoms with van der Waals surface area (Å²) in [6, 6.07) is -0.107. The Morgan fingerprint density at radius 2 is 1.95 bits per heavy atom.